The summed E-state index contributed by atoms with van der Waals surface area (Å²) in [6, 6.07) is 7.11. The molecular weight excluding hydrogens is 431 g/mol. The van der Waals surface area contributed by atoms with Gasteiger partial charge in [-0.1, -0.05) is 0 Å². The molecule has 0 unspecified atom stereocenters. The van der Waals surface area contributed by atoms with Crippen LogP contribution in [-0.2, 0) is 6.54 Å². The Bertz CT molecular complexity index is 588. The average Bonchev–Trinajstić information content (AvgIpc) is 2.73. The number of hydrogen-bond acceptors (Lipinski definition) is 4. The van der Waals surface area contributed by atoms with Crippen LogP contribution in [0.4, 0.5) is 11.4 Å². The molecule has 1 aromatic heterocycles. The van der Waals surface area contributed by atoms with Crippen LogP contribution in [0.1, 0.15) is 4.88 Å². The van der Waals surface area contributed by atoms with E-state index in [0.29, 0.717) is 12.2 Å². The van der Waals surface area contributed by atoms with Gasteiger partial charge in [-0.3, -0.25) is 10.1 Å². The number of nitrogens with one attached hydrogen (secondary N) is 1. The van der Waals surface area contributed by atoms with Crippen molar-refractivity contribution >= 4 is 61.2 Å². The predicted molar refractivity (Wildman–Crippen MR) is 85.2 cm³/mol. The zero-order valence-corrected chi connectivity index (χ0v) is 13.6. The molecule has 2 aromatic rings. The van der Waals surface area contributed by atoms with E-state index < -0.39 is 0 Å². The van der Waals surface area contributed by atoms with Crippen molar-refractivity contribution in [2.45, 2.75) is 6.54 Å². The second-order valence-corrected chi connectivity index (χ2v) is 6.56. The summed E-state index contributed by atoms with van der Waals surface area (Å²) in [5.74, 6) is 0. The highest BCUT2D eigenvalue weighted by molar-refractivity contribution is 14.1. The molecule has 0 bridgehead atoms. The molecule has 0 saturated carbocycles. The Kier molecular flexibility index (Phi) is 4.57. The molecule has 0 radical (unpaired) electrons. The normalized spacial score (nSPS) is 10.3. The third kappa shape index (κ3) is 3.21. The van der Waals surface area contributed by atoms with E-state index >= 15 is 0 Å². The fourth-order valence-corrected chi connectivity index (χ4v) is 3.34. The van der Waals surface area contributed by atoms with Crippen molar-refractivity contribution in [1.82, 2.24) is 0 Å². The number of nitro benzene ring substituents is 1. The summed E-state index contributed by atoms with van der Waals surface area (Å²) in [5, 5.41) is 16.0. The smallest absolute Gasteiger partial charge is 0.293 e. The lowest BCUT2D eigenvalue weighted by atomic mass is 10.2. The van der Waals surface area contributed by atoms with Gasteiger partial charge in [-0.15, -0.1) is 11.3 Å². The number of rotatable bonds is 4. The molecule has 2 rings (SSSR count). The van der Waals surface area contributed by atoms with Crippen LogP contribution in [0.15, 0.2) is 34.1 Å². The van der Waals surface area contributed by atoms with Crippen LogP contribution >= 0.6 is 49.9 Å². The van der Waals surface area contributed by atoms with Crippen LogP contribution in [-0.4, -0.2) is 4.92 Å². The Balaban J connectivity index is 2.19. The number of thiophene rings is 1. The van der Waals surface area contributed by atoms with Crippen molar-refractivity contribution in [2.75, 3.05) is 5.32 Å². The first-order chi connectivity index (χ1) is 8.58. The van der Waals surface area contributed by atoms with E-state index in [1.807, 2.05) is 17.5 Å². The van der Waals surface area contributed by atoms with Crippen molar-refractivity contribution in [1.29, 1.82) is 0 Å². The van der Waals surface area contributed by atoms with Gasteiger partial charge in [0.2, 0.25) is 0 Å². The summed E-state index contributed by atoms with van der Waals surface area (Å²) in [7, 11) is 0. The highest BCUT2D eigenvalue weighted by Crippen LogP contribution is 2.28. The van der Waals surface area contributed by atoms with Gasteiger partial charge in [0, 0.05) is 19.0 Å². The molecule has 18 heavy (non-hydrogen) atoms. The van der Waals surface area contributed by atoms with Gasteiger partial charge in [0.15, 0.2) is 0 Å². The molecule has 0 fully saturated rings. The van der Waals surface area contributed by atoms with Crippen molar-refractivity contribution in [3.8, 4) is 0 Å². The van der Waals surface area contributed by atoms with Crippen molar-refractivity contribution < 1.29 is 4.92 Å². The Morgan fingerprint density at radius 1 is 1.44 bits per heavy atom. The SMILES string of the molecule is O=[N+]([O-])c1cc(I)ccc1NCc1sccc1Br. The molecule has 4 nitrogen and oxygen atoms in total. The minimum Gasteiger partial charge on any atom is -0.375 e. The predicted octanol–water partition coefficient (Wildman–Crippen LogP) is 4.64. The summed E-state index contributed by atoms with van der Waals surface area (Å²) in [4.78, 5) is 11.7. The molecule has 0 saturated heterocycles. The van der Waals surface area contributed by atoms with E-state index in [0.717, 1.165) is 12.9 Å². The van der Waals surface area contributed by atoms with E-state index in [2.05, 4.69) is 43.8 Å². The van der Waals surface area contributed by atoms with Gasteiger partial charge in [-0.25, -0.2) is 0 Å². The van der Waals surface area contributed by atoms with Crippen molar-refractivity contribution in [3.63, 3.8) is 0 Å². The lowest BCUT2D eigenvalue weighted by molar-refractivity contribution is -0.384. The number of hydrogen-bond donors (Lipinski definition) is 1. The highest BCUT2D eigenvalue weighted by Gasteiger charge is 2.14. The van der Waals surface area contributed by atoms with Gasteiger partial charge < -0.3 is 5.32 Å². The average molecular weight is 439 g/mol. The zero-order valence-electron chi connectivity index (χ0n) is 9.02. The van der Waals surface area contributed by atoms with Gasteiger partial charge in [0.1, 0.15) is 5.69 Å². The Hall–Kier alpha value is -0.670. The summed E-state index contributed by atoms with van der Waals surface area (Å²) in [6.07, 6.45) is 0. The monoisotopic (exact) mass is 438 g/mol. The minimum atomic E-state index is -0.367. The molecule has 0 aliphatic carbocycles. The van der Waals surface area contributed by atoms with Crippen LogP contribution in [0.5, 0.6) is 0 Å². The van der Waals surface area contributed by atoms with Gasteiger partial charge in [0.05, 0.1) is 11.5 Å². The standard InChI is InChI=1S/C11H8BrIN2O2S/c12-8-3-4-18-11(8)6-14-9-2-1-7(13)5-10(9)15(16)17/h1-5,14H,6H2. The molecule has 1 N–H and O–H groups in total. The van der Waals surface area contributed by atoms with Crippen LogP contribution in [0.2, 0.25) is 0 Å². The van der Waals surface area contributed by atoms with Gasteiger partial charge >= 0.3 is 0 Å². The lowest BCUT2D eigenvalue weighted by Crippen LogP contribution is -2.02. The summed E-state index contributed by atoms with van der Waals surface area (Å²) >= 11 is 7.10. The topological polar surface area (TPSA) is 55.2 Å². The van der Waals surface area contributed by atoms with Crippen molar-refractivity contribution in [3.05, 3.63) is 52.7 Å². The number of halogens is 2. The molecule has 0 amide bonds. The minimum absolute atomic E-state index is 0.106. The molecule has 94 valence electrons. The maximum atomic E-state index is 11.0. The van der Waals surface area contributed by atoms with E-state index in [1.165, 1.54) is 0 Å². The Labute approximate surface area is 130 Å². The third-order valence-corrected chi connectivity index (χ3v) is 4.88. The van der Waals surface area contributed by atoms with E-state index in [-0.39, 0.29) is 10.6 Å². The molecule has 0 spiro atoms. The first-order valence-electron chi connectivity index (χ1n) is 4.97. The number of nitrogens with zero attached hydrogens (tertiary/aromatic N) is 1. The number of benzene rings is 1. The largest absolute Gasteiger partial charge is 0.375 e. The molecule has 0 aliphatic rings. The quantitative estimate of drug-likeness (QED) is 0.430. The lowest BCUT2D eigenvalue weighted by Gasteiger charge is -2.06. The Morgan fingerprint density at radius 2 is 2.22 bits per heavy atom. The highest BCUT2D eigenvalue weighted by atomic mass is 127. The van der Waals surface area contributed by atoms with Gasteiger partial charge in [0.25, 0.3) is 5.69 Å². The molecule has 1 aromatic carbocycles. The van der Waals surface area contributed by atoms with Gasteiger partial charge in [-0.05, 0) is 62.1 Å². The number of nitro groups is 1. The third-order valence-electron chi connectivity index (χ3n) is 2.29. The summed E-state index contributed by atoms with van der Waals surface area (Å²) in [6.45, 7) is 0.569. The van der Waals surface area contributed by atoms with Crippen molar-refractivity contribution in [2.24, 2.45) is 0 Å². The first kappa shape index (κ1) is 13.8. The maximum absolute atomic E-state index is 11.0. The summed E-state index contributed by atoms with van der Waals surface area (Å²) < 4.78 is 1.87. The van der Waals surface area contributed by atoms with E-state index in [1.54, 1.807) is 23.5 Å². The zero-order chi connectivity index (χ0) is 13.1. The first-order valence-corrected chi connectivity index (χ1v) is 7.73. The molecule has 1 heterocycles. The molecule has 7 heteroatoms. The van der Waals surface area contributed by atoms with E-state index in [4.69, 9.17) is 0 Å². The molecule has 0 aliphatic heterocycles. The fraction of sp³-hybridized carbons (Fsp3) is 0.0909. The maximum Gasteiger partial charge on any atom is 0.293 e. The Morgan fingerprint density at radius 3 is 2.83 bits per heavy atom. The van der Waals surface area contributed by atoms with Crippen LogP contribution in [0, 0.1) is 13.7 Å². The van der Waals surface area contributed by atoms with E-state index in [9.17, 15) is 10.1 Å². The second kappa shape index (κ2) is 5.98. The van der Waals surface area contributed by atoms with Crippen LogP contribution < -0.4 is 5.32 Å². The summed E-state index contributed by atoms with van der Waals surface area (Å²) in [5.41, 5.74) is 0.648. The second-order valence-electron chi connectivity index (χ2n) is 3.46. The number of anilines is 1. The van der Waals surface area contributed by atoms with Gasteiger partial charge in [-0.2, -0.15) is 0 Å². The fourth-order valence-electron chi connectivity index (χ4n) is 1.43. The molecular formula is C11H8BrIN2O2S. The van der Waals surface area contributed by atoms with Crippen LogP contribution in [0.3, 0.4) is 0 Å². The van der Waals surface area contributed by atoms with Crippen LogP contribution in [0.25, 0.3) is 0 Å². The molecule has 0 atom stereocenters.